The molecule has 2 heteroatoms. The fourth-order valence-electron chi connectivity index (χ4n) is 3.66. The number of Topliss-reactive ketones (excluding diaryl/α,β-unsaturated/α-hetero) is 2. The largest absolute Gasteiger partial charge is 0.299 e. The molecule has 0 radical (unpaired) electrons. The van der Waals surface area contributed by atoms with Crippen molar-refractivity contribution >= 4 is 11.6 Å². The van der Waals surface area contributed by atoms with E-state index in [1.807, 2.05) is 0 Å². The average molecular weight is 164 g/mol. The maximum absolute atomic E-state index is 11.5. The van der Waals surface area contributed by atoms with Gasteiger partial charge in [0.15, 0.2) is 0 Å². The Bertz CT molecular complexity index is 294. The van der Waals surface area contributed by atoms with Crippen LogP contribution in [0, 0.1) is 23.2 Å². The lowest BCUT2D eigenvalue weighted by Crippen LogP contribution is -2.34. The van der Waals surface area contributed by atoms with Crippen molar-refractivity contribution in [2.75, 3.05) is 0 Å². The Balaban J connectivity index is 2.10. The number of hydrogen-bond donors (Lipinski definition) is 0. The van der Waals surface area contributed by atoms with Crippen LogP contribution in [0.2, 0.25) is 0 Å². The number of carbonyl (C=O) groups excluding carboxylic acids is 2. The quantitative estimate of drug-likeness (QED) is 0.539. The molecule has 0 aliphatic heterocycles. The molecule has 3 rings (SSSR count). The van der Waals surface area contributed by atoms with E-state index in [0.717, 1.165) is 6.42 Å². The highest BCUT2D eigenvalue weighted by molar-refractivity contribution is 5.97. The Kier molecular flexibility index (Phi) is 0.940. The second-order valence-electron chi connectivity index (χ2n) is 4.80. The van der Waals surface area contributed by atoms with Crippen molar-refractivity contribution in [1.29, 1.82) is 0 Å². The van der Waals surface area contributed by atoms with E-state index in [9.17, 15) is 9.59 Å². The maximum Gasteiger partial charge on any atom is 0.139 e. The van der Waals surface area contributed by atoms with Crippen molar-refractivity contribution in [3.8, 4) is 0 Å². The van der Waals surface area contributed by atoms with Crippen LogP contribution in [-0.4, -0.2) is 11.6 Å². The molecule has 0 aromatic carbocycles. The lowest BCUT2D eigenvalue weighted by Gasteiger charge is -2.29. The van der Waals surface area contributed by atoms with Gasteiger partial charge in [0.05, 0.1) is 0 Å². The minimum atomic E-state index is -0.0940. The molecule has 12 heavy (non-hydrogen) atoms. The minimum Gasteiger partial charge on any atom is -0.299 e. The fourth-order valence-corrected chi connectivity index (χ4v) is 3.66. The Labute approximate surface area is 71.3 Å². The van der Waals surface area contributed by atoms with Crippen molar-refractivity contribution in [2.24, 2.45) is 23.2 Å². The zero-order chi connectivity index (χ0) is 8.51. The van der Waals surface area contributed by atoms with Gasteiger partial charge in [-0.05, 0) is 18.3 Å². The molecule has 4 unspecified atom stereocenters. The molecular weight excluding hydrogens is 152 g/mol. The first-order chi connectivity index (χ1) is 5.63. The summed E-state index contributed by atoms with van der Waals surface area (Å²) in [6, 6.07) is 0. The third kappa shape index (κ3) is 0.492. The molecule has 0 aromatic heterocycles. The zero-order valence-electron chi connectivity index (χ0n) is 7.17. The van der Waals surface area contributed by atoms with Crippen LogP contribution < -0.4 is 0 Å². The first kappa shape index (κ1) is 6.81. The minimum absolute atomic E-state index is 0.0940. The molecule has 3 saturated carbocycles. The van der Waals surface area contributed by atoms with Crippen molar-refractivity contribution in [2.45, 2.75) is 26.2 Å². The summed E-state index contributed by atoms with van der Waals surface area (Å²) in [5, 5.41) is 0. The van der Waals surface area contributed by atoms with E-state index in [2.05, 4.69) is 6.92 Å². The van der Waals surface area contributed by atoms with Crippen molar-refractivity contribution in [1.82, 2.24) is 0 Å². The van der Waals surface area contributed by atoms with Crippen LogP contribution >= 0.6 is 0 Å². The molecule has 2 nitrogen and oxygen atoms in total. The van der Waals surface area contributed by atoms with Crippen LogP contribution in [0.5, 0.6) is 0 Å². The van der Waals surface area contributed by atoms with Crippen LogP contribution in [0.25, 0.3) is 0 Å². The van der Waals surface area contributed by atoms with Gasteiger partial charge in [0, 0.05) is 24.2 Å². The predicted octanol–water partition coefficient (Wildman–Crippen LogP) is 1.19. The van der Waals surface area contributed by atoms with Gasteiger partial charge in [-0.15, -0.1) is 0 Å². The van der Waals surface area contributed by atoms with Gasteiger partial charge in [0.2, 0.25) is 0 Å². The van der Waals surface area contributed by atoms with Crippen LogP contribution in [-0.2, 0) is 9.59 Å². The summed E-state index contributed by atoms with van der Waals surface area (Å²) < 4.78 is 0. The van der Waals surface area contributed by atoms with Gasteiger partial charge in [-0.3, -0.25) is 9.59 Å². The van der Waals surface area contributed by atoms with Crippen LogP contribution in [0.15, 0.2) is 0 Å². The van der Waals surface area contributed by atoms with Crippen molar-refractivity contribution < 1.29 is 9.59 Å². The van der Waals surface area contributed by atoms with E-state index in [-0.39, 0.29) is 11.3 Å². The molecule has 3 aliphatic rings. The summed E-state index contributed by atoms with van der Waals surface area (Å²) in [6.07, 6.45) is 2.25. The number of hydrogen-bond acceptors (Lipinski definition) is 2. The van der Waals surface area contributed by atoms with E-state index in [4.69, 9.17) is 0 Å². The van der Waals surface area contributed by atoms with E-state index in [1.165, 1.54) is 0 Å². The molecule has 4 atom stereocenters. The second kappa shape index (κ2) is 1.66. The molecule has 0 spiro atoms. The topological polar surface area (TPSA) is 34.1 Å². The molecule has 3 aliphatic carbocycles. The molecule has 64 valence electrons. The summed E-state index contributed by atoms with van der Waals surface area (Å²) in [5.41, 5.74) is -0.0940. The summed E-state index contributed by atoms with van der Waals surface area (Å²) >= 11 is 0. The summed E-state index contributed by atoms with van der Waals surface area (Å²) in [7, 11) is 0. The Morgan fingerprint density at radius 3 is 2.67 bits per heavy atom. The number of ketones is 2. The highest BCUT2D eigenvalue weighted by atomic mass is 16.1. The normalized spacial score (nSPS) is 55.6. The molecule has 0 amide bonds. The third-order valence-corrected chi connectivity index (χ3v) is 4.39. The van der Waals surface area contributed by atoms with E-state index in [0.29, 0.717) is 36.2 Å². The number of carbonyl (C=O) groups is 2. The first-order valence-electron chi connectivity index (χ1n) is 4.69. The first-order valence-corrected chi connectivity index (χ1v) is 4.69. The molecular formula is C10H12O2. The highest BCUT2D eigenvalue weighted by Gasteiger charge is 2.66. The Hall–Kier alpha value is -0.660. The average Bonchev–Trinajstić information content (AvgIpc) is 2.50. The maximum atomic E-state index is 11.5. The lowest BCUT2D eigenvalue weighted by molar-refractivity contribution is -0.133. The molecule has 0 saturated heterocycles. The zero-order valence-corrected chi connectivity index (χ0v) is 7.17. The second-order valence-corrected chi connectivity index (χ2v) is 4.80. The monoisotopic (exact) mass is 164 g/mol. The summed E-state index contributed by atoms with van der Waals surface area (Å²) in [6.45, 7) is 2.06. The SMILES string of the molecule is CC12CC3C(=O)CC1C3CC2=O. The van der Waals surface area contributed by atoms with Crippen LogP contribution in [0.3, 0.4) is 0 Å². The van der Waals surface area contributed by atoms with Gasteiger partial charge in [0.25, 0.3) is 0 Å². The standard InChI is InChI=1S/C10H12O2/c1-10-4-6-5(2-9(10)12)7(10)3-8(6)11/h5-7H,2-4H2,1H3. The van der Waals surface area contributed by atoms with Gasteiger partial charge >= 0.3 is 0 Å². The van der Waals surface area contributed by atoms with Crippen LogP contribution in [0.4, 0.5) is 0 Å². The van der Waals surface area contributed by atoms with Crippen molar-refractivity contribution in [3.63, 3.8) is 0 Å². The van der Waals surface area contributed by atoms with E-state index < -0.39 is 0 Å². The highest BCUT2D eigenvalue weighted by Crippen LogP contribution is 2.64. The van der Waals surface area contributed by atoms with E-state index >= 15 is 0 Å². The predicted molar refractivity (Wildman–Crippen MR) is 42.4 cm³/mol. The summed E-state index contributed by atoms with van der Waals surface area (Å²) in [4.78, 5) is 22.9. The lowest BCUT2D eigenvalue weighted by atomic mass is 9.72. The van der Waals surface area contributed by atoms with Gasteiger partial charge in [0.1, 0.15) is 11.6 Å². The molecule has 4 bridgehead atoms. The molecule has 0 aromatic rings. The smallest absolute Gasteiger partial charge is 0.139 e. The fraction of sp³-hybridized carbons (Fsp3) is 0.800. The van der Waals surface area contributed by atoms with E-state index in [1.54, 1.807) is 0 Å². The Morgan fingerprint density at radius 1 is 1.33 bits per heavy atom. The molecule has 3 fully saturated rings. The van der Waals surface area contributed by atoms with Gasteiger partial charge in [-0.25, -0.2) is 0 Å². The molecule has 0 heterocycles. The van der Waals surface area contributed by atoms with Gasteiger partial charge in [-0.1, -0.05) is 6.92 Å². The van der Waals surface area contributed by atoms with Crippen LogP contribution in [0.1, 0.15) is 26.2 Å². The molecule has 0 N–H and O–H groups in total. The third-order valence-electron chi connectivity index (χ3n) is 4.39. The van der Waals surface area contributed by atoms with Gasteiger partial charge < -0.3 is 0 Å². The Morgan fingerprint density at radius 2 is 2.08 bits per heavy atom. The van der Waals surface area contributed by atoms with Gasteiger partial charge in [-0.2, -0.15) is 0 Å². The summed E-state index contributed by atoms with van der Waals surface area (Å²) in [5.74, 6) is 1.96. The number of rotatable bonds is 0. The van der Waals surface area contributed by atoms with Crippen molar-refractivity contribution in [3.05, 3.63) is 0 Å².